The van der Waals surface area contributed by atoms with Crippen LogP contribution in [0.2, 0.25) is 0 Å². The third-order valence-electron chi connectivity index (χ3n) is 4.93. The minimum absolute atomic E-state index is 0.684. The molecular formula is C17H31NO2. The van der Waals surface area contributed by atoms with Gasteiger partial charge in [0, 0.05) is 6.54 Å². The number of nitrogens with zero attached hydrogens (tertiary/aromatic N) is 1. The second-order valence-electron chi connectivity index (χ2n) is 7.16. The molecular weight excluding hydrogens is 250 g/mol. The van der Waals surface area contributed by atoms with Gasteiger partial charge in [-0.15, -0.1) is 0 Å². The van der Waals surface area contributed by atoms with Crippen molar-refractivity contribution in [2.75, 3.05) is 20.6 Å². The van der Waals surface area contributed by atoms with Gasteiger partial charge < -0.3 is 15.1 Å². The molecule has 0 spiro atoms. The fraction of sp³-hybridized carbons (Fsp3) is 0.882. The second-order valence-corrected chi connectivity index (χ2v) is 7.16. The van der Waals surface area contributed by atoms with Crippen LogP contribution >= 0.6 is 0 Å². The van der Waals surface area contributed by atoms with E-state index in [1.54, 1.807) is 0 Å². The summed E-state index contributed by atoms with van der Waals surface area (Å²) >= 11 is 0. The molecule has 0 aromatic rings. The van der Waals surface area contributed by atoms with Crippen molar-refractivity contribution in [2.45, 2.75) is 75.4 Å². The quantitative estimate of drug-likeness (QED) is 0.779. The molecule has 0 aromatic carbocycles. The predicted octanol–water partition coefficient (Wildman–Crippen LogP) is 2.86. The molecule has 2 N–H and O–H groups in total. The van der Waals surface area contributed by atoms with Crippen molar-refractivity contribution in [3.63, 3.8) is 0 Å². The molecule has 3 nitrogen and oxygen atoms in total. The summed E-state index contributed by atoms with van der Waals surface area (Å²) in [7, 11) is 4.07. The Bertz CT molecular complexity index is 337. The zero-order valence-corrected chi connectivity index (χ0v) is 13.2. The van der Waals surface area contributed by atoms with Gasteiger partial charge in [-0.25, -0.2) is 0 Å². The molecule has 116 valence electrons. The normalized spacial score (nSPS) is 26.8. The molecule has 2 rings (SSSR count). The summed E-state index contributed by atoms with van der Waals surface area (Å²) in [6.45, 7) is 0.749. The van der Waals surface area contributed by atoms with Crippen LogP contribution in [0, 0.1) is 0 Å². The lowest BCUT2D eigenvalue weighted by Gasteiger charge is -2.38. The molecule has 2 aliphatic rings. The molecule has 3 heteroatoms. The monoisotopic (exact) mass is 281 g/mol. The smallest absolute Gasteiger partial charge is 0.0870 e. The summed E-state index contributed by atoms with van der Waals surface area (Å²) in [5, 5.41) is 21.8. The van der Waals surface area contributed by atoms with Crippen LogP contribution in [0.5, 0.6) is 0 Å². The van der Waals surface area contributed by atoms with Gasteiger partial charge in [0.25, 0.3) is 0 Å². The molecule has 0 bridgehead atoms. The predicted molar refractivity (Wildman–Crippen MR) is 82.7 cm³/mol. The highest BCUT2D eigenvalue weighted by molar-refractivity contribution is 5.24. The average molecular weight is 281 g/mol. The van der Waals surface area contributed by atoms with Crippen molar-refractivity contribution < 1.29 is 10.2 Å². The highest BCUT2D eigenvalue weighted by atomic mass is 16.3. The van der Waals surface area contributed by atoms with E-state index in [1.807, 2.05) is 20.2 Å². The van der Waals surface area contributed by atoms with E-state index >= 15 is 0 Å². The van der Waals surface area contributed by atoms with Crippen LogP contribution in [-0.4, -0.2) is 47.0 Å². The zero-order chi connectivity index (χ0) is 14.6. The van der Waals surface area contributed by atoms with Gasteiger partial charge in [-0.3, -0.25) is 0 Å². The van der Waals surface area contributed by atoms with E-state index in [0.29, 0.717) is 0 Å². The lowest BCUT2D eigenvalue weighted by molar-refractivity contribution is 0.0209. The van der Waals surface area contributed by atoms with E-state index < -0.39 is 11.2 Å². The molecule has 0 aromatic heterocycles. The summed E-state index contributed by atoms with van der Waals surface area (Å²) in [6, 6.07) is 0. The fourth-order valence-corrected chi connectivity index (χ4v) is 3.76. The molecule has 0 radical (unpaired) electrons. The first kappa shape index (κ1) is 16.0. The van der Waals surface area contributed by atoms with Crippen molar-refractivity contribution in [3.8, 4) is 0 Å². The molecule has 0 aliphatic heterocycles. The lowest BCUT2D eigenvalue weighted by Crippen LogP contribution is -2.40. The zero-order valence-electron chi connectivity index (χ0n) is 13.2. The van der Waals surface area contributed by atoms with Gasteiger partial charge in [0.2, 0.25) is 0 Å². The van der Waals surface area contributed by atoms with Crippen molar-refractivity contribution in [2.24, 2.45) is 0 Å². The highest BCUT2D eigenvalue weighted by Gasteiger charge is 2.36. The van der Waals surface area contributed by atoms with Gasteiger partial charge in [0.05, 0.1) is 11.2 Å². The maximum absolute atomic E-state index is 11.0. The summed E-state index contributed by atoms with van der Waals surface area (Å²) < 4.78 is 0. The molecule has 2 saturated carbocycles. The summed E-state index contributed by atoms with van der Waals surface area (Å²) in [5.41, 5.74) is -0.321. The molecule has 0 heterocycles. The van der Waals surface area contributed by atoms with E-state index in [2.05, 4.69) is 4.90 Å². The van der Waals surface area contributed by atoms with E-state index in [9.17, 15) is 10.2 Å². The first-order valence-electron chi connectivity index (χ1n) is 8.25. The largest absolute Gasteiger partial charge is 0.386 e. The van der Waals surface area contributed by atoms with Crippen molar-refractivity contribution in [1.82, 2.24) is 4.90 Å². The van der Waals surface area contributed by atoms with Gasteiger partial charge >= 0.3 is 0 Å². The van der Waals surface area contributed by atoms with Crippen LogP contribution in [-0.2, 0) is 0 Å². The van der Waals surface area contributed by atoms with Crippen LogP contribution < -0.4 is 0 Å². The molecule has 0 saturated heterocycles. The number of hydrogen-bond donors (Lipinski definition) is 2. The van der Waals surface area contributed by atoms with E-state index in [-0.39, 0.29) is 0 Å². The number of aliphatic hydroxyl groups is 2. The molecule has 2 aliphatic carbocycles. The molecule has 0 unspecified atom stereocenters. The number of rotatable bonds is 4. The van der Waals surface area contributed by atoms with Crippen LogP contribution in [0.3, 0.4) is 0 Å². The average Bonchev–Trinajstić information content (AvgIpc) is 2.39. The highest BCUT2D eigenvalue weighted by Crippen LogP contribution is 2.38. The maximum Gasteiger partial charge on any atom is 0.0870 e. The summed E-state index contributed by atoms with van der Waals surface area (Å²) in [6.07, 6.45) is 12.3. The fourth-order valence-electron chi connectivity index (χ4n) is 3.76. The Hall–Kier alpha value is -0.380. The first-order chi connectivity index (χ1) is 9.44. The van der Waals surface area contributed by atoms with E-state index in [4.69, 9.17) is 0 Å². The van der Waals surface area contributed by atoms with Crippen molar-refractivity contribution in [1.29, 1.82) is 0 Å². The van der Waals surface area contributed by atoms with Gasteiger partial charge in [-0.1, -0.05) is 38.5 Å². The van der Waals surface area contributed by atoms with Gasteiger partial charge in [0.15, 0.2) is 0 Å². The first-order valence-corrected chi connectivity index (χ1v) is 8.25. The van der Waals surface area contributed by atoms with Crippen LogP contribution in [0.15, 0.2) is 11.6 Å². The minimum Gasteiger partial charge on any atom is -0.386 e. The van der Waals surface area contributed by atoms with Crippen LogP contribution in [0.4, 0.5) is 0 Å². The third-order valence-corrected chi connectivity index (χ3v) is 4.93. The molecule has 2 fully saturated rings. The van der Waals surface area contributed by atoms with Gasteiger partial charge in [-0.2, -0.15) is 0 Å². The standard InChI is InChI=1S/C17H31NO2/c1-18(2)14-15(17(20)11-7-4-8-12-17)13-16(19)9-5-3-6-10-16/h13,19-20H,3-12,14H2,1-2H3/b15-13-. The topological polar surface area (TPSA) is 43.7 Å². The van der Waals surface area contributed by atoms with Crippen molar-refractivity contribution in [3.05, 3.63) is 11.6 Å². The second kappa shape index (κ2) is 6.59. The number of likely N-dealkylation sites (N-methyl/N-ethyl adjacent to an activating group) is 1. The Labute approximate surface area is 123 Å². The Morgan fingerprint density at radius 2 is 1.40 bits per heavy atom. The van der Waals surface area contributed by atoms with E-state index in [0.717, 1.165) is 63.5 Å². The Morgan fingerprint density at radius 1 is 0.900 bits per heavy atom. The van der Waals surface area contributed by atoms with E-state index in [1.165, 1.54) is 12.8 Å². The molecule has 0 atom stereocenters. The SMILES string of the molecule is CN(C)C/C(=C/C1(O)CCCCC1)C1(O)CCCCC1. The van der Waals surface area contributed by atoms with Crippen LogP contribution in [0.1, 0.15) is 64.2 Å². The van der Waals surface area contributed by atoms with Gasteiger partial charge in [-0.05, 0) is 51.4 Å². The molecule has 20 heavy (non-hydrogen) atoms. The minimum atomic E-state index is -0.685. The van der Waals surface area contributed by atoms with Crippen LogP contribution in [0.25, 0.3) is 0 Å². The summed E-state index contributed by atoms with van der Waals surface area (Å²) in [5.74, 6) is 0. The van der Waals surface area contributed by atoms with Gasteiger partial charge in [0.1, 0.15) is 0 Å². The maximum atomic E-state index is 11.0. The molecule has 0 amide bonds. The third kappa shape index (κ3) is 4.06. The Balaban J connectivity index is 2.21. The number of hydrogen-bond acceptors (Lipinski definition) is 3. The Morgan fingerprint density at radius 3 is 1.90 bits per heavy atom. The van der Waals surface area contributed by atoms with Crippen molar-refractivity contribution >= 4 is 0 Å². The summed E-state index contributed by atoms with van der Waals surface area (Å²) in [4.78, 5) is 2.10. The Kier molecular flexibility index (Phi) is 5.27. The lowest BCUT2D eigenvalue weighted by atomic mass is 9.75.